The Kier molecular flexibility index (Phi) is 6.31. The summed E-state index contributed by atoms with van der Waals surface area (Å²) < 4.78 is 7.01. The Morgan fingerprint density at radius 1 is 1.13 bits per heavy atom. The van der Waals surface area contributed by atoms with Crippen LogP contribution in [0, 0.1) is 5.92 Å². The zero-order chi connectivity index (χ0) is 21.8. The van der Waals surface area contributed by atoms with Crippen molar-refractivity contribution in [1.82, 2.24) is 30.0 Å². The minimum absolute atomic E-state index is 0.0620. The molecule has 2 aromatic heterocycles. The van der Waals surface area contributed by atoms with Gasteiger partial charge in [0, 0.05) is 37.7 Å². The highest BCUT2D eigenvalue weighted by Gasteiger charge is 2.26. The van der Waals surface area contributed by atoms with E-state index in [9.17, 15) is 4.79 Å². The summed E-state index contributed by atoms with van der Waals surface area (Å²) >= 11 is 0. The molecule has 1 saturated heterocycles. The van der Waals surface area contributed by atoms with E-state index in [1.807, 2.05) is 50.5 Å². The Labute approximate surface area is 182 Å². The van der Waals surface area contributed by atoms with Gasteiger partial charge in [-0.2, -0.15) is 4.52 Å². The van der Waals surface area contributed by atoms with Crippen LogP contribution in [0.25, 0.3) is 17.0 Å². The largest absolute Gasteiger partial charge is 0.497 e. The van der Waals surface area contributed by atoms with Gasteiger partial charge in [-0.3, -0.25) is 4.79 Å². The van der Waals surface area contributed by atoms with Crippen molar-refractivity contribution in [3.8, 4) is 17.1 Å². The lowest BCUT2D eigenvalue weighted by Gasteiger charge is -2.32. The second kappa shape index (κ2) is 9.30. The van der Waals surface area contributed by atoms with Crippen LogP contribution in [0.15, 0.2) is 36.4 Å². The molecule has 1 amide bonds. The number of anilines is 1. The molecule has 0 spiro atoms. The van der Waals surface area contributed by atoms with Crippen LogP contribution in [0.2, 0.25) is 0 Å². The van der Waals surface area contributed by atoms with Crippen LogP contribution in [0.1, 0.15) is 12.8 Å². The Bertz CT molecular complexity index is 1020. The first kappa shape index (κ1) is 21.0. The van der Waals surface area contributed by atoms with Crippen molar-refractivity contribution in [2.24, 2.45) is 5.92 Å². The number of rotatable bonds is 7. The maximum absolute atomic E-state index is 12.4. The third-order valence-electron chi connectivity index (χ3n) is 5.64. The van der Waals surface area contributed by atoms with Gasteiger partial charge in [-0.15, -0.1) is 15.3 Å². The number of aromatic nitrogens is 4. The van der Waals surface area contributed by atoms with Crippen molar-refractivity contribution in [1.29, 1.82) is 0 Å². The summed E-state index contributed by atoms with van der Waals surface area (Å²) in [4.78, 5) is 16.7. The SMILES string of the molecule is COc1ccc(-c2nnc3ccc(N4CCC(C(=O)NCCN(C)C)CC4)nn23)cc1. The molecule has 31 heavy (non-hydrogen) atoms. The molecule has 9 heteroatoms. The molecule has 0 unspecified atom stereocenters. The van der Waals surface area contributed by atoms with Gasteiger partial charge in [-0.1, -0.05) is 0 Å². The highest BCUT2D eigenvalue weighted by atomic mass is 16.5. The van der Waals surface area contributed by atoms with Gasteiger partial charge in [-0.25, -0.2) is 0 Å². The molecule has 0 saturated carbocycles. The number of piperidine rings is 1. The van der Waals surface area contributed by atoms with Crippen LogP contribution < -0.4 is 15.0 Å². The summed E-state index contributed by atoms with van der Waals surface area (Å²) in [7, 11) is 5.65. The zero-order valence-electron chi connectivity index (χ0n) is 18.3. The summed E-state index contributed by atoms with van der Waals surface area (Å²) in [6.07, 6.45) is 1.64. The number of fused-ring (bicyclic) bond motifs is 1. The Balaban J connectivity index is 1.44. The highest BCUT2D eigenvalue weighted by molar-refractivity contribution is 5.79. The fourth-order valence-corrected chi connectivity index (χ4v) is 3.79. The van der Waals surface area contributed by atoms with Crippen LogP contribution in [-0.2, 0) is 4.79 Å². The number of carbonyl (C=O) groups excluding carboxylic acids is 1. The molecule has 0 radical (unpaired) electrons. The Morgan fingerprint density at radius 2 is 1.87 bits per heavy atom. The van der Waals surface area contributed by atoms with Crippen molar-refractivity contribution in [2.45, 2.75) is 12.8 Å². The van der Waals surface area contributed by atoms with Crippen LogP contribution in [-0.4, -0.2) is 78.0 Å². The summed E-state index contributed by atoms with van der Waals surface area (Å²) in [5.74, 6) is 2.57. The molecule has 1 aliphatic heterocycles. The Hall–Kier alpha value is -3.20. The standard InChI is InChI=1S/C22H29N7O2/c1-27(2)15-12-23-22(30)17-10-13-28(14-11-17)20-9-8-19-24-25-21(29(19)26-20)16-4-6-18(31-3)7-5-16/h4-9,17H,10-15H2,1-3H3,(H,23,30). The first-order chi connectivity index (χ1) is 15.0. The number of benzene rings is 1. The molecule has 1 aliphatic rings. The van der Waals surface area contributed by atoms with E-state index in [4.69, 9.17) is 9.84 Å². The Morgan fingerprint density at radius 3 is 2.55 bits per heavy atom. The topological polar surface area (TPSA) is 87.9 Å². The lowest BCUT2D eigenvalue weighted by Crippen LogP contribution is -2.42. The number of likely N-dealkylation sites (N-methyl/N-ethyl adjacent to an activating group) is 1. The molecule has 0 bridgehead atoms. The molecule has 164 valence electrons. The molecular weight excluding hydrogens is 394 g/mol. The number of nitrogens with zero attached hydrogens (tertiary/aromatic N) is 6. The molecule has 1 N–H and O–H groups in total. The lowest BCUT2D eigenvalue weighted by molar-refractivity contribution is -0.125. The quantitative estimate of drug-likeness (QED) is 0.619. The maximum Gasteiger partial charge on any atom is 0.223 e. The van der Waals surface area contributed by atoms with Crippen LogP contribution in [0.4, 0.5) is 5.82 Å². The van der Waals surface area contributed by atoms with Crippen molar-refractivity contribution >= 4 is 17.4 Å². The molecule has 1 fully saturated rings. The predicted octanol–water partition coefficient (Wildman–Crippen LogP) is 1.69. The normalized spacial score (nSPS) is 14.9. The minimum Gasteiger partial charge on any atom is -0.497 e. The monoisotopic (exact) mass is 423 g/mol. The van der Waals surface area contributed by atoms with Gasteiger partial charge < -0.3 is 19.9 Å². The molecule has 9 nitrogen and oxygen atoms in total. The first-order valence-corrected chi connectivity index (χ1v) is 10.6. The number of hydrogen-bond donors (Lipinski definition) is 1. The number of nitrogens with one attached hydrogen (secondary N) is 1. The van der Waals surface area contributed by atoms with E-state index in [0.29, 0.717) is 18.0 Å². The molecule has 1 aromatic carbocycles. The third-order valence-corrected chi connectivity index (χ3v) is 5.64. The smallest absolute Gasteiger partial charge is 0.223 e. The van der Waals surface area contributed by atoms with E-state index in [0.717, 1.165) is 49.6 Å². The summed E-state index contributed by atoms with van der Waals surface area (Å²) in [6.45, 7) is 3.13. The molecule has 3 aromatic rings. The van der Waals surface area contributed by atoms with E-state index in [1.165, 1.54) is 0 Å². The maximum atomic E-state index is 12.4. The first-order valence-electron chi connectivity index (χ1n) is 10.6. The van der Waals surface area contributed by atoms with Gasteiger partial charge in [0.15, 0.2) is 11.5 Å². The molecule has 0 atom stereocenters. The molecule has 3 heterocycles. The van der Waals surface area contributed by atoms with Crippen molar-refractivity contribution in [3.63, 3.8) is 0 Å². The third kappa shape index (κ3) is 4.77. The van der Waals surface area contributed by atoms with Crippen LogP contribution in [0.3, 0.4) is 0 Å². The molecule has 4 rings (SSSR count). The van der Waals surface area contributed by atoms with Gasteiger partial charge >= 0.3 is 0 Å². The number of ether oxygens (including phenoxy) is 1. The summed E-state index contributed by atoms with van der Waals surface area (Å²) in [5, 5.41) is 16.4. The predicted molar refractivity (Wildman–Crippen MR) is 119 cm³/mol. The number of hydrogen-bond acceptors (Lipinski definition) is 7. The van der Waals surface area contributed by atoms with Crippen LogP contribution >= 0.6 is 0 Å². The van der Waals surface area contributed by atoms with Gasteiger partial charge in [0.1, 0.15) is 11.6 Å². The fraction of sp³-hybridized carbons (Fsp3) is 0.455. The second-order valence-corrected chi connectivity index (χ2v) is 8.07. The average molecular weight is 424 g/mol. The van der Waals surface area contributed by atoms with Crippen molar-refractivity contribution in [3.05, 3.63) is 36.4 Å². The van der Waals surface area contributed by atoms with Gasteiger partial charge in [0.2, 0.25) is 5.91 Å². The van der Waals surface area contributed by atoms with Gasteiger partial charge in [-0.05, 0) is 63.3 Å². The van der Waals surface area contributed by atoms with Crippen LogP contribution in [0.5, 0.6) is 5.75 Å². The van der Waals surface area contributed by atoms with Gasteiger partial charge in [0.05, 0.1) is 7.11 Å². The van der Waals surface area contributed by atoms with Crippen molar-refractivity contribution < 1.29 is 9.53 Å². The zero-order valence-corrected chi connectivity index (χ0v) is 18.3. The molecular formula is C22H29N7O2. The summed E-state index contributed by atoms with van der Waals surface area (Å²) in [5.41, 5.74) is 1.62. The number of amides is 1. The van der Waals surface area contributed by atoms with E-state index in [2.05, 4.69) is 25.3 Å². The highest BCUT2D eigenvalue weighted by Crippen LogP contribution is 2.25. The average Bonchev–Trinajstić information content (AvgIpc) is 3.22. The number of methoxy groups -OCH3 is 1. The van der Waals surface area contributed by atoms with E-state index in [1.54, 1.807) is 11.6 Å². The minimum atomic E-state index is 0.0620. The van der Waals surface area contributed by atoms with Gasteiger partial charge in [0.25, 0.3) is 0 Å². The van der Waals surface area contributed by atoms with E-state index < -0.39 is 0 Å². The molecule has 0 aliphatic carbocycles. The summed E-state index contributed by atoms with van der Waals surface area (Å²) in [6, 6.07) is 11.6. The van der Waals surface area contributed by atoms with Crippen molar-refractivity contribution in [2.75, 3.05) is 52.3 Å². The van der Waals surface area contributed by atoms with E-state index >= 15 is 0 Å². The fourth-order valence-electron chi connectivity index (χ4n) is 3.79. The number of carbonyl (C=O) groups is 1. The lowest BCUT2D eigenvalue weighted by atomic mass is 9.96. The second-order valence-electron chi connectivity index (χ2n) is 8.07. The van der Waals surface area contributed by atoms with E-state index in [-0.39, 0.29) is 11.8 Å².